The molecule has 0 aliphatic carbocycles. The third-order valence-electron chi connectivity index (χ3n) is 12.4. The molecule has 0 N–H and O–H groups in total. The molecule has 58 heavy (non-hydrogen) atoms. The number of fused-ring (bicyclic) bond motifs is 7. The van der Waals surface area contributed by atoms with Gasteiger partial charge in [-0.15, -0.1) is 0 Å². The van der Waals surface area contributed by atoms with E-state index in [1.54, 1.807) is 0 Å². The van der Waals surface area contributed by atoms with Crippen molar-refractivity contribution in [2.75, 3.05) is 0 Å². The maximum atomic E-state index is 2.35. The van der Waals surface area contributed by atoms with Crippen LogP contribution in [0.15, 0.2) is 218 Å². The summed E-state index contributed by atoms with van der Waals surface area (Å²) < 4.78 is 0. The molecular formula is C58H36. The topological polar surface area (TPSA) is 0 Å². The maximum absolute atomic E-state index is 2.35. The molecule has 0 radical (unpaired) electrons. The van der Waals surface area contributed by atoms with Gasteiger partial charge in [0.2, 0.25) is 0 Å². The smallest absolute Gasteiger partial charge is 0.00201 e. The molecule has 0 spiro atoms. The summed E-state index contributed by atoms with van der Waals surface area (Å²) in [6.45, 7) is 0. The highest BCUT2D eigenvalue weighted by Gasteiger charge is 2.21. The Balaban J connectivity index is 1.13. The summed E-state index contributed by atoms with van der Waals surface area (Å²) in [4.78, 5) is 0. The maximum Gasteiger partial charge on any atom is -0.00201 e. The second kappa shape index (κ2) is 13.0. The van der Waals surface area contributed by atoms with Crippen LogP contribution in [0.3, 0.4) is 0 Å². The third kappa shape index (κ3) is 4.95. The van der Waals surface area contributed by atoms with Crippen molar-refractivity contribution in [2.45, 2.75) is 0 Å². The predicted molar refractivity (Wildman–Crippen MR) is 251 cm³/mol. The van der Waals surface area contributed by atoms with Crippen molar-refractivity contribution in [2.24, 2.45) is 0 Å². The average Bonchev–Trinajstić information content (AvgIpc) is 3.29. The second-order valence-electron chi connectivity index (χ2n) is 15.5. The minimum absolute atomic E-state index is 1.24. The quantitative estimate of drug-likeness (QED) is 0.158. The second-order valence-corrected chi connectivity index (χ2v) is 15.5. The summed E-state index contributed by atoms with van der Waals surface area (Å²) in [5.74, 6) is 0. The first-order valence-electron chi connectivity index (χ1n) is 20.2. The van der Waals surface area contributed by atoms with E-state index in [1.807, 2.05) is 0 Å². The average molecular weight is 733 g/mol. The monoisotopic (exact) mass is 732 g/mol. The van der Waals surface area contributed by atoms with Crippen LogP contribution < -0.4 is 0 Å². The minimum atomic E-state index is 1.24. The Labute approximate surface area is 336 Å². The molecule has 0 fully saturated rings. The van der Waals surface area contributed by atoms with Crippen LogP contribution in [0.1, 0.15) is 0 Å². The van der Waals surface area contributed by atoms with E-state index in [-0.39, 0.29) is 0 Å². The van der Waals surface area contributed by atoms with E-state index >= 15 is 0 Å². The Morgan fingerprint density at radius 1 is 0.172 bits per heavy atom. The lowest BCUT2D eigenvalue weighted by Crippen LogP contribution is -1.93. The summed E-state index contributed by atoms with van der Waals surface area (Å²) in [5, 5.41) is 17.6. The van der Waals surface area contributed by atoms with Gasteiger partial charge in [-0.1, -0.05) is 206 Å². The number of rotatable bonds is 4. The Morgan fingerprint density at radius 3 is 0.793 bits per heavy atom. The molecule has 0 saturated carbocycles. The van der Waals surface area contributed by atoms with Crippen LogP contribution in [0, 0.1) is 0 Å². The molecule has 0 aliphatic rings. The lowest BCUT2D eigenvalue weighted by Gasteiger charge is -2.21. The van der Waals surface area contributed by atoms with Crippen LogP contribution in [0.5, 0.6) is 0 Å². The van der Waals surface area contributed by atoms with Crippen LogP contribution in [0.25, 0.3) is 120 Å². The lowest BCUT2D eigenvalue weighted by atomic mass is 9.82. The summed E-state index contributed by atoms with van der Waals surface area (Å²) in [5.41, 5.74) is 10.1. The zero-order valence-corrected chi connectivity index (χ0v) is 31.8. The highest BCUT2D eigenvalue weighted by Crippen LogP contribution is 2.49. The van der Waals surface area contributed by atoms with Crippen LogP contribution >= 0.6 is 0 Å². The number of hydrogen-bond donors (Lipinski definition) is 0. The molecule has 12 aromatic rings. The van der Waals surface area contributed by atoms with Gasteiger partial charge in [0.25, 0.3) is 0 Å². The molecular weight excluding hydrogens is 697 g/mol. The van der Waals surface area contributed by atoms with E-state index in [1.165, 1.54) is 120 Å². The van der Waals surface area contributed by atoms with Gasteiger partial charge < -0.3 is 0 Å². The molecule has 0 atom stereocenters. The van der Waals surface area contributed by atoms with E-state index in [9.17, 15) is 0 Å². The molecule has 12 aromatic carbocycles. The van der Waals surface area contributed by atoms with Gasteiger partial charge in [-0.05, 0) is 132 Å². The van der Waals surface area contributed by atoms with Crippen LogP contribution in [-0.4, -0.2) is 0 Å². The van der Waals surface area contributed by atoms with E-state index in [2.05, 4.69) is 218 Å². The van der Waals surface area contributed by atoms with Crippen molar-refractivity contribution < 1.29 is 0 Å². The van der Waals surface area contributed by atoms with E-state index in [4.69, 9.17) is 0 Å². The van der Waals surface area contributed by atoms with Crippen molar-refractivity contribution in [3.63, 3.8) is 0 Å². The first-order chi connectivity index (χ1) is 28.8. The van der Waals surface area contributed by atoms with E-state index in [0.717, 1.165) is 0 Å². The zero-order chi connectivity index (χ0) is 38.2. The zero-order valence-electron chi connectivity index (χ0n) is 31.8. The highest BCUT2D eigenvalue weighted by atomic mass is 14.2. The number of benzene rings is 12. The van der Waals surface area contributed by atoms with E-state index < -0.39 is 0 Å². The molecule has 12 rings (SSSR count). The summed E-state index contributed by atoms with van der Waals surface area (Å²) in [6.07, 6.45) is 0. The molecule has 0 unspecified atom stereocenters. The SMILES string of the molecule is c1ccc2cc(-c3c4ccccc4c(-c4cccc5c(-c6c7ccccc7c(-c7ccc8ccccc8c7)c7ccccc67)cccc45)c4ccccc34)ccc2c1. The van der Waals surface area contributed by atoms with Gasteiger partial charge in [0.15, 0.2) is 0 Å². The Bertz CT molecular complexity index is 3270. The standard InChI is InChI=1S/C58H36/c1-3-17-39-35-41(33-31-37(39)15-1)55-47-19-5-9-23-51(47)57(52-24-10-6-20-48(52)55)45-29-13-28-44-43(45)27-14-30-46(44)58-53-25-11-7-21-49(53)56(50-22-8-12-26-54(50)58)42-34-32-38-16-2-4-18-40(38)36-42/h1-36H. The van der Waals surface area contributed by atoms with Gasteiger partial charge in [-0.3, -0.25) is 0 Å². The number of hydrogen-bond acceptors (Lipinski definition) is 0. The molecule has 0 amide bonds. The third-order valence-corrected chi connectivity index (χ3v) is 12.4. The molecule has 0 nitrogen and oxygen atoms in total. The van der Waals surface area contributed by atoms with Gasteiger partial charge in [0.1, 0.15) is 0 Å². The molecule has 0 aliphatic heterocycles. The van der Waals surface area contributed by atoms with Crippen LogP contribution in [-0.2, 0) is 0 Å². The van der Waals surface area contributed by atoms with Crippen molar-refractivity contribution in [1.29, 1.82) is 0 Å². The summed E-state index contributed by atoms with van der Waals surface area (Å²) in [7, 11) is 0. The van der Waals surface area contributed by atoms with Gasteiger partial charge in [0.05, 0.1) is 0 Å². The fraction of sp³-hybridized carbons (Fsp3) is 0. The lowest BCUT2D eigenvalue weighted by molar-refractivity contribution is 1.67. The van der Waals surface area contributed by atoms with E-state index in [0.29, 0.717) is 0 Å². The molecule has 0 heteroatoms. The van der Waals surface area contributed by atoms with Crippen molar-refractivity contribution in [3.8, 4) is 44.5 Å². The summed E-state index contributed by atoms with van der Waals surface area (Å²) >= 11 is 0. The Hall–Kier alpha value is -7.54. The minimum Gasteiger partial charge on any atom is -0.0616 e. The van der Waals surface area contributed by atoms with Crippen LogP contribution in [0.4, 0.5) is 0 Å². The highest BCUT2D eigenvalue weighted by molar-refractivity contribution is 6.27. The molecule has 0 aromatic heterocycles. The van der Waals surface area contributed by atoms with Crippen molar-refractivity contribution >= 4 is 75.4 Å². The first-order valence-corrected chi connectivity index (χ1v) is 20.2. The summed E-state index contributed by atoms with van der Waals surface area (Å²) in [6, 6.07) is 80.9. The van der Waals surface area contributed by atoms with Crippen molar-refractivity contribution in [1.82, 2.24) is 0 Å². The normalized spacial score (nSPS) is 11.8. The molecule has 0 heterocycles. The fourth-order valence-corrected chi connectivity index (χ4v) is 9.89. The van der Waals surface area contributed by atoms with Gasteiger partial charge >= 0.3 is 0 Å². The van der Waals surface area contributed by atoms with Crippen molar-refractivity contribution in [3.05, 3.63) is 218 Å². The molecule has 268 valence electrons. The molecule has 0 bridgehead atoms. The van der Waals surface area contributed by atoms with Gasteiger partial charge in [0, 0.05) is 0 Å². The fourth-order valence-electron chi connectivity index (χ4n) is 9.89. The largest absolute Gasteiger partial charge is 0.0616 e. The Morgan fingerprint density at radius 2 is 0.448 bits per heavy atom. The van der Waals surface area contributed by atoms with Gasteiger partial charge in [-0.25, -0.2) is 0 Å². The van der Waals surface area contributed by atoms with Gasteiger partial charge in [-0.2, -0.15) is 0 Å². The Kier molecular flexibility index (Phi) is 7.33. The predicted octanol–water partition coefficient (Wildman–Crippen LogP) is 16.4. The first kappa shape index (κ1) is 32.7. The van der Waals surface area contributed by atoms with Crippen LogP contribution in [0.2, 0.25) is 0 Å². The molecule has 0 saturated heterocycles.